The van der Waals surface area contributed by atoms with Crippen molar-refractivity contribution in [1.82, 2.24) is 9.55 Å². The molecule has 1 aliphatic heterocycles. The molecule has 10 heteroatoms. The summed E-state index contributed by atoms with van der Waals surface area (Å²) in [5.41, 5.74) is 1.21. The summed E-state index contributed by atoms with van der Waals surface area (Å²) in [6.45, 7) is 1.24. The van der Waals surface area contributed by atoms with E-state index in [1.807, 2.05) is 0 Å². The van der Waals surface area contributed by atoms with Crippen molar-refractivity contribution in [3.8, 4) is 0 Å². The Kier molecular flexibility index (Phi) is 6.12. The molecule has 2 aromatic heterocycles. The number of nitrogens with zero attached hydrogens (tertiary/aromatic N) is 2. The monoisotopic (exact) mass is 443 g/mol. The van der Waals surface area contributed by atoms with Gasteiger partial charge in [-0.05, 0) is 50.5 Å². The number of aryl methyl sites for hydroxylation is 2. The van der Waals surface area contributed by atoms with E-state index in [9.17, 15) is 13.2 Å². The number of rotatable bonds is 7. The summed E-state index contributed by atoms with van der Waals surface area (Å²) in [7, 11) is -3.47. The van der Waals surface area contributed by atoms with Crippen LogP contribution in [-0.2, 0) is 34.1 Å². The Balaban J connectivity index is 1.67. The summed E-state index contributed by atoms with van der Waals surface area (Å²) in [6, 6.07) is 0. The second-order valence-corrected chi connectivity index (χ2v) is 11.3. The van der Waals surface area contributed by atoms with Crippen molar-refractivity contribution < 1.29 is 13.2 Å². The van der Waals surface area contributed by atoms with Crippen molar-refractivity contribution in [3.05, 3.63) is 20.8 Å². The number of hydrogen-bond donors (Lipinski definition) is 1. The van der Waals surface area contributed by atoms with Crippen LogP contribution in [0.3, 0.4) is 0 Å². The molecule has 0 spiro atoms. The van der Waals surface area contributed by atoms with Gasteiger partial charge in [-0.15, -0.1) is 11.3 Å². The second kappa shape index (κ2) is 8.43. The molecule has 154 valence electrons. The predicted molar refractivity (Wildman–Crippen MR) is 113 cm³/mol. The Morgan fingerprint density at radius 2 is 2.11 bits per heavy atom. The van der Waals surface area contributed by atoms with Crippen molar-refractivity contribution >= 4 is 43.3 Å². The van der Waals surface area contributed by atoms with Crippen molar-refractivity contribution in [2.24, 2.45) is 5.14 Å². The van der Waals surface area contributed by atoms with Crippen LogP contribution >= 0.6 is 23.1 Å². The molecule has 0 saturated carbocycles. The molecule has 1 aliphatic carbocycles. The zero-order chi connectivity index (χ0) is 19.7. The van der Waals surface area contributed by atoms with E-state index < -0.39 is 10.0 Å². The van der Waals surface area contributed by atoms with Gasteiger partial charge in [0.05, 0.1) is 23.8 Å². The molecule has 3 heterocycles. The summed E-state index contributed by atoms with van der Waals surface area (Å²) in [6.07, 6.45) is 6.69. The molecular weight excluding hydrogens is 418 g/mol. The number of thioether (sulfide) groups is 1. The van der Waals surface area contributed by atoms with Crippen LogP contribution in [0.25, 0.3) is 10.2 Å². The molecule has 4 rings (SSSR count). The Bertz CT molecular complexity index is 1020. The average molecular weight is 444 g/mol. The number of sulfonamides is 1. The zero-order valence-corrected chi connectivity index (χ0v) is 18.1. The first-order valence-corrected chi connectivity index (χ1v) is 13.2. The first kappa shape index (κ1) is 20.3. The molecule has 0 bridgehead atoms. The van der Waals surface area contributed by atoms with E-state index in [4.69, 9.17) is 14.9 Å². The minimum atomic E-state index is -3.47. The molecule has 2 aromatic rings. The highest BCUT2D eigenvalue weighted by molar-refractivity contribution is 7.99. The Hall–Kier alpha value is -0.940. The van der Waals surface area contributed by atoms with Gasteiger partial charge in [0.1, 0.15) is 4.83 Å². The number of aromatic nitrogens is 2. The van der Waals surface area contributed by atoms with Gasteiger partial charge in [-0.3, -0.25) is 9.36 Å². The molecule has 28 heavy (non-hydrogen) atoms. The van der Waals surface area contributed by atoms with Crippen LogP contribution in [0.4, 0.5) is 0 Å². The highest BCUT2D eigenvalue weighted by atomic mass is 32.2. The number of fused-ring (bicyclic) bond motifs is 3. The van der Waals surface area contributed by atoms with Crippen molar-refractivity contribution in [1.29, 1.82) is 0 Å². The molecule has 0 amide bonds. The molecule has 2 aliphatic rings. The van der Waals surface area contributed by atoms with E-state index in [1.54, 1.807) is 15.9 Å². The molecule has 1 fully saturated rings. The largest absolute Gasteiger partial charge is 0.376 e. The van der Waals surface area contributed by atoms with Crippen LogP contribution in [0, 0.1) is 0 Å². The molecule has 1 unspecified atom stereocenters. The maximum Gasteiger partial charge on any atom is 0.263 e. The predicted octanol–water partition coefficient (Wildman–Crippen LogP) is 2.29. The molecule has 0 radical (unpaired) electrons. The molecular formula is C18H25N3O4S3. The highest BCUT2D eigenvalue weighted by Crippen LogP contribution is 2.35. The van der Waals surface area contributed by atoms with E-state index in [0.717, 1.165) is 48.9 Å². The average Bonchev–Trinajstić information content (AvgIpc) is 3.28. The van der Waals surface area contributed by atoms with E-state index >= 15 is 0 Å². The fourth-order valence-corrected chi connectivity index (χ4v) is 6.89. The maximum atomic E-state index is 13.4. The minimum Gasteiger partial charge on any atom is -0.376 e. The SMILES string of the molecule is NS(=O)(=O)CCCSc1nc2sc3c(c2c(=O)n1CC1CCCO1)CCCC3. The fourth-order valence-electron chi connectivity index (χ4n) is 3.91. The van der Waals surface area contributed by atoms with Crippen molar-refractivity contribution in [2.75, 3.05) is 18.1 Å². The third kappa shape index (κ3) is 4.46. The highest BCUT2D eigenvalue weighted by Gasteiger charge is 2.24. The quantitative estimate of drug-likeness (QED) is 0.400. The number of primary sulfonamides is 1. The standard InChI is InChI=1S/C18H25N3O4S3/c19-28(23,24)10-4-9-26-18-20-16-15(13-6-1-2-7-14(13)27-16)17(22)21(18)11-12-5-3-8-25-12/h12H,1-11H2,(H2,19,23,24). The lowest BCUT2D eigenvalue weighted by Gasteiger charge is -2.16. The maximum absolute atomic E-state index is 13.4. The molecule has 7 nitrogen and oxygen atoms in total. The third-order valence-electron chi connectivity index (χ3n) is 5.25. The van der Waals surface area contributed by atoms with Crippen LogP contribution in [0.2, 0.25) is 0 Å². The summed E-state index contributed by atoms with van der Waals surface area (Å²) < 4.78 is 29.8. The van der Waals surface area contributed by atoms with E-state index in [-0.39, 0.29) is 17.4 Å². The fraction of sp³-hybridized carbons (Fsp3) is 0.667. The van der Waals surface area contributed by atoms with Gasteiger partial charge in [0.15, 0.2) is 5.16 Å². The van der Waals surface area contributed by atoms with Crippen molar-refractivity contribution in [2.45, 2.75) is 62.8 Å². The van der Waals surface area contributed by atoms with Gasteiger partial charge in [0, 0.05) is 17.2 Å². The summed E-state index contributed by atoms with van der Waals surface area (Å²) in [4.78, 5) is 20.3. The van der Waals surface area contributed by atoms with E-state index in [1.165, 1.54) is 28.6 Å². The zero-order valence-electron chi connectivity index (χ0n) is 15.7. The van der Waals surface area contributed by atoms with Crippen LogP contribution in [0.1, 0.15) is 42.5 Å². The van der Waals surface area contributed by atoms with Gasteiger partial charge in [-0.25, -0.2) is 18.5 Å². The summed E-state index contributed by atoms with van der Waals surface area (Å²) >= 11 is 3.07. The van der Waals surface area contributed by atoms with Crippen molar-refractivity contribution in [3.63, 3.8) is 0 Å². The molecule has 0 aromatic carbocycles. The smallest absolute Gasteiger partial charge is 0.263 e. The minimum absolute atomic E-state index is 0.0221. The normalized spacial score (nSPS) is 20.0. The first-order valence-electron chi connectivity index (χ1n) is 9.72. The number of thiophene rings is 1. The lowest BCUT2D eigenvalue weighted by Crippen LogP contribution is -2.29. The van der Waals surface area contributed by atoms with Gasteiger partial charge in [-0.2, -0.15) is 0 Å². The van der Waals surface area contributed by atoms with Crippen LogP contribution in [-0.4, -0.2) is 42.2 Å². The number of hydrogen-bond acceptors (Lipinski definition) is 7. The molecule has 1 saturated heterocycles. The Morgan fingerprint density at radius 3 is 2.86 bits per heavy atom. The van der Waals surface area contributed by atoms with Gasteiger partial charge in [0.2, 0.25) is 10.0 Å². The van der Waals surface area contributed by atoms with Crippen LogP contribution in [0.5, 0.6) is 0 Å². The van der Waals surface area contributed by atoms with Gasteiger partial charge < -0.3 is 4.74 Å². The number of nitrogens with two attached hydrogens (primary N) is 1. The van der Waals surface area contributed by atoms with Gasteiger partial charge in [0.25, 0.3) is 5.56 Å². The van der Waals surface area contributed by atoms with Gasteiger partial charge >= 0.3 is 0 Å². The Labute approximate surface area is 172 Å². The number of ether oxygens (including phenoxy) is 1. The summed E-state index contributed by atoms with van der Waals surface area (Å²) in [5.74, 6) is 0.483. The lowest BCUT2D eigenvalue weighted by molar-refractivity contribution is 0.0937. The van der Waals surface area contributed by atoms with Crippen LogP contribution in [0.15, 0.2) is 9.95 Å². The van der Waals surface area contributed by atoms with E-state index in [0.29, 0.717) is 23.9 Å². The molecule has 1 atom stereocenters. The topological polar surface area (TPSA) is 104 Å². The summed E-state index contributed by atoms with van der Waals surface area (Å²) in [5, 5.41) is 6.52. The lowest BCUT2D eigenvalue weighted by atomic mass is 9.97. The van der Waals surface area contributed by atoms with Gasteiger partial charge in [-0.1, -0.05) is 11.8 Å². The Morgan fingerprint density at radius 1 is 1.29 bits per heavy atom. The third-order valence-corrected chi connectivity index (χ3v) is 8.36. The molecule has 2 N–H and O–H groups in total. The second-order valence-electron chi connectivity index (χ2n) is 7.41. The van der Waals surface area contributed by atoms with Crippen LogP contribution < -0.4 is 10.7 Å². The first-order chi connectivity index (χ1) is 13.4. The van der Waals surface area contributed by atoms with E-state index in [2.05, 4.69) is 0 Å².